The van der Waals surface area contributed by atoms with Gasteiger partial charge in [0.25, 0.3) is 0 Å². The molecule has 0 spiro atoms. The van der Waals surface area contributed by atoms with Gasteiger partial charge in [-0.15, -0.1) is 0 Å². The Morgan fingerprint density at radius 3 is 2.71 bits per heavy atom. The number of nitrogens with one attached hydrogen (secondary N) is 1. The van der Waals surface area contributed by atoms with Crippen LogP contribution in [-0.4, -0.2) is 57.4 Å². The molecule has 0 saturated carbocycles. The lowest BCUT2D eigenvalue weighted by atomic mass is 10.2. The van der Waals surface area contributed by atoms with Crippen LogP contribution in [0.15, 0.2) is 0 Å². The highest BCUT2D eigenvalue weighted by molar-refractivity contribution is 7.91. The van der Waals surface area contributed by atoms with Crippen molar-refractivity contribution in [3.05, 3.63) is 0 Å². The zero-order chi connectivity index (χ0) is 10.6. The van der Waals surface area contributed by atoms with E-state index in [2.05, 4.69) is 5.32 Å². The lowest BCUT2D eigenvalue weighted by Crippen LogP contribution is -2.39. The zero-order valence-electron chi connectivity index (χ0n) is 8.27. The predicted molar refractivity (Wildman–Crippen MR) is 52.9 cm³/mol. The maximum absolute atomic E-state index is 11.1. The molecule has 6 heteroatoms. The van der Waals surface area contributed by atoms with Crippen LogP contribution in [0.4, 0.5) is 0 Å². The summed E-state index contributed by atoms with van der Waals surface area (Å²) in [5.41, 5.74) is 0. The summed E-state index contributed by atoms with van der Waals surface area (Å²) in [5, 5.41) is 12.4. The zero-order valence-corrected chi connectivity index (χ0v) is 9.09. The van der Waals surface area contributed by atoms with Crippen molar-refractivity contribution in [3.8, 4) is 0 Å². The maximum Gasteiger partial charge on any atom is 0.154 e. The van der Waals surface area contributed by atoms with Gasteiger partial charge in [-0.25, -0.2) is 8.42 Å². The Morgan fingerprint density at radius 2 is 2.21 bits per heavy atom. The van der Waals surface area contributed by atoms with Crippen molar-refractivity contribution >= 4 is 9.84 Å². The first-order valence-electron chi connectivity index (χ1n) is 4.66. The first-order valence-corrected chi connectivity index (χ1v) is 6.48. The van der Waals surface area contributed by atoms with Gasteiger partial charge in [0.1, 0.15) is 0 Å². The van der Waals surface area contributed by atoms with Gasteiger partial charge in [-0.05, 0) is 13.0 Å². The largest absolute Gasteiger partial charge is 0.390 e. The SMILES string of the molecule is COCCCN[C@H]1CS(=O)(=O)C[C@H]1O. The Hall–Kier alpha value is -0.170. The predicted octanol–water partition coefficient (Wildman–Crippen LogP) is -1.23. The van der Waals surface area contributed by atoms with Crippen molar-refractivity contribution in [1.29, 1.82) is 0 Å². The van der Waals surface area contributed by atoms with Crippen LogP contribution < -0.4 is 5.32 Å². The quantitative estimate of drug-likeness (QED) is 0.571. The van der Waals surface area contributed by atoms with Crippen LogP contribution in [0.2, 0.25) is 0 Å². The normalized spacial score (nSPS) is 30.7. The van der Waals surface area contributed by atoms with E-state index in [1.54, 1.807) is 7.11 Å². The van der Waals surface area contributed by atoms with Gasteiger partial charge in [-0.1, -0.05) is 0 Å². The number of aliphatic hydroxyl groups excluding tert-OH is 1. The smallest absolute Gasteiger partial charge is 0.154 e. The summed E-state index contributed by atoms with van der Waals surface area (Å²) >= 11 is 0. The summed E-state index contributed by atoms with van der Waals surface area (Å²) in [6.45, 7) is 1.31. The molecular formula is C8H17NO4S. The maximum atomic E-state index is 11.1. The molecule has 1 aliphatic heterocycles. The minimum Gasteiger partial charge on any atom is -0.390 e. The van der Waals surface area contributed by atoms with Crippen LogP contribution in [0.5, 0.6) is 0 Å². The first kappa shape index (κ1) is 11.9. The number of hydrogen-bond acceptors (Lipinski definition) is 5. The molecule has 5 nitrogen and oxygen atoms in total. The van der Waals surface area contributed by atoms with Crippen molar-refractivity contribution < 1.29 is 18.3 Å². The van der Waals surface area contributed by atoms with E-state index in [-0.39, 0.29) is 17.5 Å². The molecule has 1 fully saturated rings. The Labute approximate surface area is 84.4 Å². The van der Waals surface area contributed by atoms with Crippen molar-refractivity contribution in [1.82, 2.24) is 5.32 Å². The Balaban J connectivity index is 2.25. The minimum atomic E-state index is -3.03. The van der Waals surface area contributed by atoms with Gasteiger partial charge in [0.15, 0.2) is 9.84 Å². The summed E-state index contributed by atoms with van der Waals surface area (Å²) in [4.78, 5) is 0. The Morgan fingerprint density at radius 1 is 1.50 bits per heavy atom. The van der Waals surface area contributed by atoms with E-state index in [4.69, 9.17) is 4.74 Å². The van der Waals surface area contributed by atoms with E-state index in [0.29, 0.717) is 13.2 Å². The molecule has 1 aliphatic rings. The van der Waals surface area contributed by atoms with Gasteiger partial charge in [0.05, 0.1) is 17.6 Å². The van der Waals surface area contributed by atoms with Crippen LogP contribution in [0, 0.1) is 0 Å². The third-order valence-electron chi connectivity index (χ3n) is 2.25. The molecule has 0 radical (unpaired) electrons. The van der Waals surface area contributed by atoms with Gasteiger partial charge in [-0.3, -0.25) is 0 Å². The van der Waals surface area contributed by atoms with Gasteiger partial charge in [-0.2, -0.15) is 0 Å². The molecule has 2 atom stereocenters. The molecule has 1 heterocycles. The molecule has 2 N–H and O–H groups in total. The third-order valence-corrected chi connectivity index (χ3v) is 3.97. The second-order valence-electron chi connectivity index (χ2n) is 3.55. The summed E-state index contributed by atoms with van der Waals surface area (Å²) in [6.07, 6.45) is 0.0577. The molecule has 0 amide bonds. The molecule has 0 bridgehead atoms. The van der Waals surface area contributed by atoms with Crippen molar-refractivity contribution in [3.63, 3.8) is 0 Å². The fraction of sp³-hybridized carbons (Fsp3) is 1.00. The third kappa shape index (κ3) is 3.53. The second kappa shape index (κ2) is 5.06. The summed E-state index contributed by atoms with van der Waals surface area (Å²) < 4.78 is 27.1. The van der Waals surface area contributed by atoms with Crippen LogP contribution >= 0.6 is 0 Å². The fourth-order valence-electron chi connectivity index (χ4n) is 1.53. The minimum absolute atomic E-state index is 0.0428. The summed E-state index contributed by atoms with van der Waals surface area (Å²) in [7, 11) is -1.41. The van der Waals surface area contributed by atoms with Crippen molar-refractivity contribution in [2.24, 2.45) is 0 Å². The molecule has 0 aliphatic carbocycles. The topological polar surface area (TPSA) is 75.6 Å². The number of methoxy groups -OCH3 is 1. The van der Waals surface area contributed by atoms with Crippen molar-refractivity contribution in [2.75, 3.05) is 31.8 Å². The van der Waals surface area contributed by atoms with E-state index in [9.17, 15) is 13.5 Å². The monoisotopic (exact) mass is 223 g/mol. The average molecular weight is 223 g/mol. The lowest BCUT2D eigenvalue weighted by molar-refractivity contribution is 0.159. The number of rotatable bonds is 5. The van der Waals surface area contributed by atoms with Gasteiger partial charge in [0.2, 0.25) is 0 Å². The van der Waals surface area contributed by atoms with E-state index >= 15 is 0 Å². The van der Waals surface area contributed by atoms with E-state index < -0.39 is 15.9 Å². The molecule has 0 aromatic heterocycles. The van der Waals surface area contributed by atoms with E-state index in [1.165, 1.54) is 0 Å². The van der Waals surface area contributed by atoms with Gasteiger partial charge >= 0.3 is 0 Å². The first-order chi connectivity index (χ1) is 6.55. The molecular weight excluding hydrogens is 206 g/mol. The molecule has 84 valence electrons. The van der Waals surface area contributed by atoms with Crippen LogP contribution in [0.1, 0.15) is 6.42 Å². The highest BCUT2D eigenvalue weighted by atomic mass is 32.2. The summed E-state index contributed by atoms with van der Waals surface area (Å²) in [6, 6.07) is -0.308. The molecule has 1 rings (SSSR count). The fourth-order valence-corrected chi connectivity index (χ4v) is 3.30. The van der Waals surface area contributed by atoms with Gasteiger partial charge < -0.3 is 15.2 Å². The number of aliphatic hydroxyl groups is 1. The van der Waals surface area contributed by atoms with E-state index in [1.807, 2.05) is 0 Å². The molecule has 0 unspecified atom stereocenters. The van der Waals surface area contributed by atoms with E-state index in [0.717, 1.165) is 6.42 Å². The molecule has 0 aromatic rings. The van der Waals surface area contributed by atoms with Gasteiger partial charge in [0, 0.05) is 19.8 Å². The second-order valence-corrected chi connectivity index (χ2v) is 5.71. The highest BCUT2D eigenvalue weighted by Crippen LogP contribution is 2.12. The number of ether oxygens (including phenoxy) is 1. The van der Waals surface area contributed by atoms with Crippen molar-refractivity contribution in [2.45, 2.75) is 18.6 Å². The highest BCUT2D eigenvalue weighted by Gasteiger charge is 2.35. The molecule has 1 saturated heterocycles. The Kier molecular flexibility index (Phi) is 4.31. The molecule has 14 heavy (non-hydrogen) atoms. The van der Waals surface area contributed by atoms with Crippen LogP contribution in [-0.2, 0) is 14.6 Å². The van der Waals surface area contributed by atoms with Crippen LogP contribution in [0.3, 0.4) is 0 Å². The Bertz CT molecular complexity index is 265. The van der Waals surface area contributed by atoms with Crippen LogP contribution in [0.25, 0.3) is 0 Å². The summed E-state index contributed by atoms with van der Waals surface area (Å²) in [5.74, 6) is -0.0733. The average Bonchev–Trinajstić information content (AvgIpc) is 2.34. The lowest BCUT2D eigenvalue weighted by Gasteiger charge is -2.14. The number of hydrogen-bond donors (Lipinski definition) is 2. The molecule has 0 aromatic carbocycles. The standard InChI is InChI=1S/C8H17NO4S/c1-13-4-2-3-9-7-5-14(11,12)6-8(7)10/h7-10H,2-6H2,1H3/t7-,8+/m0/s1. The number of sulfone groups is 1.